The summed E-state index contributed by atoms with van der Waals surface area (Å²) in [5, 5.41) is 22.2. The lowest BCUT2D eigenvalue weighted by Crippen LogP contribution is -2.45. The molecule has 0 saturated heterocycles. The molecule has 1 aliphatic carbocycles. The van der Waals surface area contributed by atoms with E-state index in [9.17, 15) is 9.90 Å². The van der Waals surface area contributed by atoms with Crippen molar-refractivity contribution < 1.29 is 9.90 Å². The Balaban J connectivity index is 1.56. The largest absolute Gasteiger partial charge is 0.507 e. The van der Waals surface area contributed by atoms with Crippen LogP contribution in [0.25, 0.3) is 11.4 Å². The Labute approximate surface area is 166 Å². The van der Waals surface area contributed by atoms with E-state index in [-0.39, 0.29) is 23.6 Å². The Morgan fingerprint density at radius 1 is 1.25 bits per heavy atom. The van der Waals surface area contributed by atoms with Gasteiger partial charge in [0.05, 0.1) is 23.3 Å². The van der Waals surface area contributed by atoms with Gasteiger partial charge in [0.25, 0.3) is 0 Å². The van der Waals surface area contributed by atoms with Gasteiger partial charge in [-0.05, 0) is 12.1 Å². The highest BCUT2D eigenvalue weighted by atomic mass is 32.2. The van der Waals surface area contributed by atoms with Crippen LogP contribution in [-0.2, 0) is 11.3 Å². The number of aromatic nitrogens is 3. The molecule has 2 aliphatic rings. The number of phenols is 1. The monoisotopic (exact) mass is 393 g/mol. The molecule has 0 saturated carbocycles. The number of benzene rings is 1. The summed E-state index contributed by atoms with van der Waals surface area (Å²) in [4.78, 5) is 16.9. The van der Waals surface area contributed by atoms with Crippen molar-refractivity contribution >= 4 is 23.5 Å². The van der Waals surface area contributed by atoms with E-state index in [0.29, 0.717) is 34.7 Å². The topological polar surface area (TPSA) is 92.4 Å². The minimum Gasteiger partial charge on any atom is -0.507 e. The highest BCUT2D eigenvalue weighted by Crippen LogP contribution is 2.30. The Hall–Kier alpha value is -3.13. The second-order valence-corrected chi connectivity index (χ2v) is 7.31. The van der Waals surface area contributed by atoms with Gasteiger partial charge in [-0.2, -0.15) is 0 Å². The second kappa shape index (κ2) is 7.85. The molecule has 4 rings (SSSR count). The number of hydrogen-bond acceptors (Lipinski definition) is 6. The number of hydrogen-bond donors (Lipinski definition) is 2. The third-order valence-electron chi connectivity index (χ3n) is 4.49. The highest BCUT2D eigenvalue weighted by molar-refractivity contribution is 7.99. The summed E-state index contributed by atoms with van der Waals surface area (Å²) in [5.74, 6) is 1.50. The third kappa shape index (κ3) is 3.50. The normalized spacial score (nSPS) is 20.4. The molecule has 0 spiro atoms. The average molecular weight is 393 g/mol. The van der Waals surface area contributed by atoms with E-state index in [1.54, 1.807) is 24.3 Å². The van der Waals surface area contributed by atoms with E-state index in [4.69, 9.17) is 0 Å². The number of carbonyl (C=O) groups excluding carboxylic acids is 1. The Morgan fingerprint density at radius 3 is 2.89 bits per heavy atom. The summed E-state index contributed by atoms with van der Waals surface area (Å²) >= 11 is 1.43. The van der Waals surface area contributed by atoms with E-state index in [1.807, 2.05) is 34.9 Å². The van der Waals surface area contributed by atoms with Crippen molar-refractivity contribution in [1.29, 1.82) is 0 Å². The molecule has 0 radical (unpaired) electrons. The predicted octanol–water partition coefficient (Wildman–Crippen LogP) is 2.57. The number of carbonyl (C=O) groups is 1. The zero-order valence-corrected chi connectivity index (χ0v) is 15.8. The molecule has 2 heterocycles. The van der Waals surface area contributed by atoms with E-state index in [2.05, 4.69) is 27.1 Å². The summed E-state index contributed by atoms with van der Waals surface area (Å²) in [6, 6.07) is 6.85. The van der Waals surface area contributed by atoms with Gasteiger partial charge in [-0.15, -0.1) is 16.8 Å². The number of amides is 1. The molecule has 2 N–H and O–H groups in total. The molecule has 0 bridgehead atoms. The molecule has 0 unspecified atom stereocenters. The number of phenolic OH excluding ortho intramolecular Hbond substituents is 1. The van der Waals surface area contributed by atoms with Crippen LogP contribution >= 0.6 is 11.8 Å². The number of amidine groups is 1. The van der Waals surface area contributed by atoms with Crippen LogP contribution in [0.4, 0.5) is 0 Å². The van der Waals surface area contributed by atoms with Crippen LogP contribution in [0.3, 0.4) is 0 Å². The van der Waals surface area contributed by atoms with Crippen molar-refractivity contribution in [3.05, 3.63) is 61.2 Å². The van der Waals surface area contributed by atoms with Gasteiger partial charge in [-0.3, -0.25) is 14.4 Å². The fourth-order valence-electron chi connectivity index (χ4n) is 3.16. The molecule has 7 nitrogen and oxygen atoms in total. The number of thioether (sulfide) groups is 1. The number of nitrogens with one attached hydrogen (secondary N) is 1. The Kier molecular flexibility index (Phi) is 5.12. The van der Waals surface area contributed by atoms with Crippen LogP contribution in [0.1, 0.15) is 0 Å². The van der Waals surface area contributed by atoms with E-state index in [1.165, 1.54) is 11.8 Å². The zero-order chi connectivity index (χ0) is 19.5. The molecule has 2 atom stereocenters. The summed E-state index contributed by atoms with van der Waals surface area (Å²) in [6.07, 6.45) is 9.33. The van der Waals surface area contributed by atoms with E-state index < -0.39 is 0 Å². The molecule has 28 heavy (non-hydrogen) atoms. The maximum atomic E-state index is 12.3. The fraction of sp³-hybridized carbons (Fsp3) is 0.200. The lowest BCUT2D eigenvalue weighted by molar-refractivity contribution is -0.122. The number of aromatic hydroxyl groups is 1. The van der Waals surface area contributed by atoms with Gasteiger partial charge >= 0.3 is 0 Å². The SMILES string of the molecule is C=CCn1c(SCC2=N[C@H]3C=CC=C[C@H]3C(=O)N2)nnc1-c1ccccc1O. The minimum atomic E-state index is -0.240. The number of fused-ring (bicyclic) bond motifs is 1. The van der Waals surface area contributed by atoms with Gasteiger partial charge in [0.2, 0.25) is 5.91 Å². The minimum absolute atomic E-state index is 0.0429. The molecule has 0 fully saturated rings. The number of para-hydroxylation sites is 1. The summed E-state index contributed by atoms with van der Waals surface area (Å²) in [6.45, 7) is 4.29. The molecular formula is C20H19N5O2S. The summed E-state index contributed by atoms with van der Waals surface area (Å²) < 4.78 is 1.88. The van der Waals surface area contributed by atoms with Crippen LogP contribution in [0.2, 0.25) is 0 Å². The lowest BCUT2D eigenvalue weighted by Gasteiger charge is -2.26. The van der Waals surface area contributed by atoms with Crippen molar-refractivity contribution in [3.63, 3.8) is 0 Å². The van der Waals surface area contributed by atoms with Gasteiger partial charge in [-0.1, -0.05) is 54.3 Å². The van der Waals surface area contributed by atoms with Gasteiger partial charge in [0.1, 0.15) is 11.6 Å². The first-order valence-electron chi connectivity index (χ1n) is 8.85. The maximum Gasteiger partial charge on any atom is 0.234 e. The van der Waals surface area contributed by atoms with Crippen molar-refractivity contribution in [2.75, 3.05) is 5.75 Å². The standard InChI is InChI=1S/C20H19N5O2S/c1-2-11-25-18(14-8-4-6-10-16(14)26)23-24-20(25)28-12-17-21-15-9-5-3-7-13(15)19(27)22-17/h2-10,13,15,26H,1,11-12H2,(H,21,22,27)/t13-,15+/m1/s1. The number of rotatable bonds is 6. The van der Waals surface area contributed by atoms with Crippen LogP contribution in [0.15, 0.2) is 71.4 Å². The molecule has 1 aromatic heterocycles. The molecular weight excluding hydrogens is 374 g/mol. The van der Waals surface area contributed by atoms with Crippen molar-refractivity contribution in [2.45, 2.75) is 17.7 Å². The lowest BCUT2D eigenvalue weighted by atomic mass is 9.93. The van der Waals surface area contributed by atoms with Crippen molar-refractivity contribution in [2.24, 2.45) is 10.9 Å². The summed E-state index contributed by atoms with van der Waals surface area (Å²) in [7, 11) is 0. The van der Waals surface area contributed by atoms with Gasteiger partial charge in [0, 0.05) is 6.54 Å². The number of nitrogens with zero attached hydrogens (tertiary/aromatic N) is 4. The van der Waals surface area contributed by atoms with Crippen LogP contribution in [0, 0.1) is 5.92 Å². The number of allylic oxidation sites excluding steroid dienone is 3. The second-order valence-electron chi connectivity index (χ2n) is 6.36. The molecule has 1 aliphatic heterocycles. The quantitative estimate of drug-likeness (QED) is 0.581. The maximum absolute atomic E-state index is 12.3. The fourth-order valence-corrected chi connectivity index (χ4v) is 3.98. The summed E-state index contributed by atoms with van der Waals surface area (Å²) in [5.41, 5.74) is 0.606. The van der Waals surface area contributed by atoms with Gasteiger partial charge in [0.15, 0.2) is 11.0 Å². The van der Waals surface area contributed by atoms with Gasteiger partial charge < -0.3 is 10.4 Å². The van der Waals surface area contributed by atoms with Crippen LogP contribution < -0.4 is 5.32 Å². The molecule has 8 heteroatoms. The molecule has 1 aromatic carbocycles. The van der Waals surface area contributed by atoms with Gasteiger partial charge in [-0.25, -0.2) is 0 Å². The molecule has 1 amide bonds. The first-order valence-corrected chi connectivity index (χ1v) is 9.83. The van der Waals surface area contributed by atoms with Crippen LogP contribution in [-0.4, -0.2) is 43.4 Å². The average Bonchev–Trinajstić information content (AvgIpc) is 3.09. The molecule has 2 aromatic rings. The first kappa shape index (κ1) is 18.2. The van der Waals surface area contributed by atoms with Crippen molar-refractivity contribution in [1.82, 2.24) is 20.1 Å². The number of aliphatic imine (C=N–C) groups is 1. The van der Waals surface area contributed by atoms with E-state index >= 15 is 0 Å². The smallest absolute Gasteiger partial charge is 0.234 e. The van der Waals surface area contributed by atoms with E-state index in [0.717, 1.165) is 0 Å². The predicted molar refractivity (Wildman–Crippen MR) is 109 cm³/mol. The van der Waals surface area contributed by atoms with Crippen molar-refractivity contribution in [3.8, 4) is 17.1 Å². The third-order valence-corrected chi connectivity index (χ3v) is 5.47. The van der Waals surface area contributed by atoms with Crippen LogP contribution in [0.5, 0.6) is 5.75 Å². The first-order chi connectivity index (χ1) is 13.7. The molecule has 142 valence electrons. The Morgan fingerprint density at radius 2 is 2.07 bits per heavy atom. The zero-order valence-electron chi connectivity index (χ0n) is 15.0. The Bertz CT molecular complexity index is 1010. The highest BCUT2D eigenvalue weighted by Gasteiger charge is 2.30.